The lowest BCUT2D eigenvalue weighted by Gasteiger charge is -2.15. The van der Waals surface area contributed by atoms with Crippen LogP contribution >= 0.6 is 11.6 Å². The monoisotopic (exact) mass is 357 g/mol. The van der Waals surface area contributed by atoms with Gasteiger partial charge < -0.3 is 14.2 Å². The van der Waals surface area contributed by atoms with Gasteiger partial charge in [0.25, 0.3) is 10.0 Å². The number of benzene rings is 2. The second-order valence-corrected chi connectivity index (χ2v) is 6.55. The molecule has 0 atom stereocenters. The third-order valence-corrected chi connectivity index (χ3v) is 4.69. The van der Waals surface area contributed by atoms with Gasteiger partial charge in [0.05, 0.1) is 27.0 Å². The van der Waals surface area contributed by atoms with E-state index in [-0.39, 0.29) is 16.3 Å². The molecular formula is C15H16ClNO5S. The summed E-state index contributed by atoms with van der Waals surface area (Å²) in [5.41, 5.74) is 0.227. The smallest absolute Gasteiger partial charge is 0.265 e. The van der Waals surface area contributed by atoms with Crippen molar-refractivity contribution in [3.05, 3.63) is 41.4 Å². The van der Waals surface area contributed by atoms with E-state index in [9.17, 15) is 8.42 Å². The third kappa shape index (κ3) is 3.80. The van der Waals surface area contributed by atoms with Crippen LogP contribution in [-0.4, -0.2) is 29.7 Å². The van der Waals surface area contributed by atoms with E-state index in [1.165, 1.54) is 39.5 Å². The fourth-order valence-electron chi connectivity index (χ4n) is 1.95. The highest BCUT2D eigenvalue weighted by Gasteiger charge is 2.22. The minimum Gasteiger partial charge on any atom is -0.497 e. The normalized spacial score (nSPS) is 11.0. The maximum absolute atomic E-state index is 12.7. The number of hydrogen-bond acceptors (Lipinski definition) is 5. The minimum atomic E-state index is -3.93. The van der Waals surface area contributed by atoms with Crippen molar-refractivity contribution in [2.24, 2.45) is 0 Å². The summed E-state index contributed by atoms with van der Waals surface area (Å²) in [4.78, 5) is -0.0543. The van der Waals surface area contributed by atoms with Gasteiger partial charge in [-0.3, -0.25) is 4.72 Å². The summed E-state index contributed by atoms with van der Waals surface area (Å²) in [6.45, 7) is 0. The van der Waals surface area contributed by atoms with Crippen LogP contribution in [0.25, 0.3) is 0 Å². The van der Waals surface area contributed by atoms with E-state index in [1.54, 1.807) is 18.2 Å². The molecule has 0 fully saturated rings. The van der Waals surface area contributed by atoms with E-state index in [1.807, 2.05) is 0 Å². The molecule has 0 aromatic heterocycles. The van der Waals surface area contributed by atoms with Crippen molar-refractivity contribution in [2.75, 3.05) is 26.1 Å². The fourth-order valence-corrected chi connectivity index (χ4v) is 3.37. The average Bonchev–Trinajstić information content (AvgIpc) is 2.54. The minimum absolute atomic E-state index is 0.0543. The van der Waals surface area contributed by atoms with Gasteiger partial charge >= 0.3 is 0 Å². The van der Waals surface area contributed by atoms with Crippen molar-refractivity contribution in [2.45, 2.75) is 4.90 Å². The first-order valence-corrected chi connectivity index (χ1v) is 8.35. The summed E-state index contributed by atoms with van der Waals surface area (Å²) < 4.78 is 43.1. The number of hydrogen-bond donors (Lipinski definition) is 1. The molecule has 0 unspecified atom stereocenters. The van der Waals surface area contributed by atoms with Gasteiger partial charge in [0.15, 0.2) is 0 Å². The number of halogens is 1. The van der Waals surface area contributed by atoms with Crippen LogP contribution in [0.2, 0.25) is 5.02 Å². The molecule has 0 bridgehead atoms. The second-order valence-electron chi connectivity index (χ2n) is 4.47. The molecule has 2 aromatic rings. The van der Waals surface area contributed by atoms with E-state index < -0.39 is 10.0 Å². The number of anilines is 1. The van der Waals surface area contributed by atoms with Gasteiger partial charge in [-0.25, -0.2) is 8.42 Å². The van der Waals surface area contributed by atoms with Crippen molar-refractivity contribution in [3.63, 3.8) is 0 Å². The van der Waals surface area contributed by atoms with E-state index in [2.05, 4.69) is 4.72 Å². The van der Waals surface area contributed by atoms with Crippen molar-refractivity contribution >= 4 is 27.3 Å². The summed E-state index contributed by atoms with van der Waals surface area (Å²) in [6.07, 6.45) is 0. The Hall–Kier alpha value is -2.12. The zero-order valence-corrected chi connectivity index (χ0v) is 14.4. The molecule has 0 aliphatic heterocycles. The molecule has 0 spiro atoms. The average molecular weight is 358 g/mol. The molecule has 0 aliphatic rings. The largest absolute Gasteiger partial charge is 0.497 e. The molecule has 124 valence electrons. The molecule has 8 heteroatoms. The lowest BCUT2D eigenvalue weighted by Crippen LogP contribution is -2.15. The van der Waals surface area contributed by atoms with Crippen LogP contribution in [-0.2, 0) is 10.0 Å². The predicted molar refractivity (Wildman–Crippen MR) is 88.4 cm³/mol. The number of sulfonamides is 1. The van der Waals surface area contributed by atoms with Crippen LogP contribution < -0.4 is 18.9 Å². The molecule has 0 aliphatic carbocycles. The van der Waals surface area contributed by atoms with Crippen LogP contribution in [0.1, 0.15) is 0 Å². The first-order valence-electron chi connectivity index (χ1n) is 6.49. The van der Waals surface area contributed by atoms with Crippen LogP contribution in [0.3, 0.4) is 0 Å². The number of nitrogens with one attached hydrogen (secondary N) is 1. The van der Waals surface area contributed by atoms with Crippen molar-refractivity contribution in [1.82, 2.24) is 0 Å². The lowest BCUT2D eigenvalue weighted by molar-refractivity contribution is 0.392. The van der Waals surface area contributed by atoms with Crippen molar-refractivity contribution in [3.8, 4) is 17.2 Å². The van der Waals surface area contributed by atoms with Gasteiger partial charge in [-0.1, -0.05) is 11.6 Å². The Morgan fingerprint density at radius 2 is 1.57 bits per heavy atom. The van der Waals surface area contributed by atoms with E-state index in [4.69, 9.17) is 25.8 Å². The molecule has 0 heterocycles. The second kappa shape index (κ2) is 6.97. The molecule has 2 aromatic carbocycles. The Labute approximate surface area is 140 Å². The van der Waals surface area contributed by atoms with Crippen LogP contribution in [0.4, 0.5) is 5.69 Å². The van der Waals surface area contributed by atoms with Crippen molar-refractivity contribution in [1.29, 1.82) is 0 Å². The zero-order valence-electron chi connectivity index (χ0n) is 12.8. The Morgan fingerprint density at radius 3 is 2.17 bits per heavy atom. The lowest BCUT2D eigenvalue weighted by atomic mass is 10.3. The van der Waals surface area contributed by atoms with Crippen molar-refractivity contribution < 1.29 is 22.6 Å². The molecule has 0 amide bonds. The summed E-state index contributed by atoms with van der Waals surface area (Å²) in [7, 11) is 0.346. The van der Waals surface area contributed by atoms with Gasteiger partial charge in [0.2, 0.25) is 0 Å². The van der Waals surface area contributed by atoms with Gasteiger partial charge in [0.1, 0.15) is 22.1 Å². The van der Waals surface area contributed by atoms with Crippen LogP contribution in [0.5, 0.6) is 17.2 Å². The summed E-state index contributed by atoms with van der Waals surface area (Å²) >= 11 is 5.92. The molecule has 0 saturated heterocycles. The number of methoxy groups -OCH3 is 3. The van der Waals surface area contributed by atoms with E-state index in [0.717, 1.165) is 0 Å². The maximum atomic E-state index is 12.7. The molecule has 6 nitrogen and oxygen atoms in total. The predicted octanol–water partition coefficient (Wildman–Crippen LogP) is 3.17. The van der Waals surface area contributed by atoms with Crippen LogP contribution in [0.15, 0.2) is 41.3 Å². The van der Waals surface area contributed by atoms with E-state index in [0.29, 0.717) is 16.5 Å². The Balaban J connectivity index is 2.49. The standard InChI is InChI=1S/C15H16ClNO5S/c1-20-11-5-7-14(22-3)15(9-11)23(18,19)17-12-8-10(16)4-6-13(12)21-2/h4-9,17H,1-3H3. The quantitative estimate of drug-likeness (QED) is 0.859. The van der Waals surface area contributed by atoms with Gasteiger partial charge in [-0.2, -0.15) is 0 Å². The first kappa shape index (κ1) is 17.2. The highest BCUT2D eigenvalue weighted by atomic mass is 35.5. The third-order valence-electron chi connectivity index (χ3n) is 3.07. The summed E-state index contributed by atoms with van der Waals surface area (Å²) in [5.74, 6) is 0.934. The summed E-state index contributed by atoms with van der Waals surface area (Å²) in [5, 5.41) is 0.376. The maximum Gasteiger partial charge on any atom is 0.265 e. The molecule has 0 saturated carbocycles. The van der Waals surface area contributed by atoms with Gasteiger partial charge in [0, 0.05) is 11.1 Å². The number of ether oxygens (including phenoxy) is 3. The molecular weight excluding hydrogens is 342 g/mol. The molecule has 23 heavy (non-hydrogen) atoms. The highest BCUT2D eigenvalue weighted by Crippen LogP contribution is 2.33. The van der Waals surface area contributed by atoms with E-state index >= 15 is 0 Å². The Kier molecular flexibility index (Phi) is 5.23. The fraction of sp³-hybridized carbons (Fsp3) is 0.200. The Bertz CT molecular complexity index is 808. The van der Waals surface area contributed by atoms with Gasteiger partial charge in [-0.05, 0) is 30.3 Å². The highest BCUT2D eigenvalue weighted by molar-refractivity contribution is 7.92. The molecule has 0 radical (unpaired) electrons. The number of rotatable bonds is 6. The first-order chi connectivity index (χ1) is 10.9. The zero-order chi connectivity index (χ0) is 17.0. The SMILES string of the molecule is COc1ccc(OC)c(S(=O)(=O)Nc2cc(Cl)ccc2OC)c1. The van der Waals surface area contributed by atoms with Crippen LogP contribution in [0, 0.1) is 0 Å². The van der Waals surface area contributed by atoms with Gasteiger partial charge in [-0.15, -0.1) is 0 Å². The molecule has 2 rings (SSSR count). The molecule has 1 N–H and O–H groups in total. The summed E-state index contributed by atoms with van der Waals surface area (Å²) in [6, 6.07) is 9.14. The Morgan fingerprint density at radius 1 is 0.913 bits per heavy atom. The topological polar surface area (TPSA) is 73.9 Å².